The molecule has 0 aliphatic heterocycles. The van der Waals surface area contributed by atoms with Gasteiger partial charge in [-0.25, -0.2) is 0 Å². The molecular formula is C23H24Br2. The molecular weight excluding hydrogens is 436 g/mol. The van der Waals surface area contributed by atoms with E-state index in [1.54, 1.807) is 11.1 Å². The first-order valence-electron chi connectivity index (χ1n) is 9.52. The molecule has 2 aromatic rings. The van der Waals surface area contributed by atoms with Crippen molar-refractivity contribution in [2.45, 2.75) is 57.8 Å². The third-order valence-electron chi connectivity index (χ3n) is 7.79. The molecule has 0 aromatic heterocycles. The molecule has 0 unspecified atom stereocenters. The molecule has 25 heavy (non-hydrogen) atoms. The Bertz CT molecular complexity index is 798. The van der Waals surface area contributed by atoms with Crippen LogP contribution in [0.3, 0.4) is 0 Å². The minimum Gasteiger partial charge on any atom is -0.0584 e. The van der Waals surface area contributed by atoms with Gasteiger partial charge < -0.3 is 0 Å². The molecule has 2 saturated carbocycles. The van der Waals surface area contributed by atoms with Crippen LogP contribution in [0, 0.1) is 10.8 Å². The zero-order valence-electron chi connectivity index (χ0n) is 15.0. The smallest absolute Gasteiger partial charge is 0.0323 e. The first-order valence-corrected chi connectivity index (χ1v) is 11.1. The Hall–Kier alpha value is -0.600. The highest BCUT2D eigenvalue weighted by Gasteiger charge is 2.66. The Morgan fingerprint density at radius 3 is 1.48 bits per heavy atom. The molecule has 0 N–H and O–H groups in total. The summed E-state index contributed by atoms with van der Waals surface area (Å²) in [5.74, 6) is 0. The largest absolute Gasteiger partial charge is 0.0584 e. The fourth-order valence-corrected chi connectivity index (χ4v) is 7.76. The minimum absolute atomic E-state index is 0.148. The second-order valence-electron chi connectivity index (χ2n) is 8.96. The molecule has 0 radical (unpaired) electrons. The average Bonchev–Trinajstić information content (AvgIpc) is 2.82. The van der Waals surface area contributed by atoms with E-state index in [0.717, 1.165) is 0 Å². The third kappa shape index (κ3) is 1.88. The summed E-state index contributed by atoms with van der Waals surface area (Å²) in [6.45, 7) is 5.18. The van der Waals surface area contributed by atoms with E-state index in [2.05, 4.69) is 82.1 Å². The van der Waals surface area contributed by atoms with E-state index in [4.69, 9.17) is 0 Å². The van der Waals surface area contributed by atoms with Crippen molar-refractivity contribution in [3.63, 3.8) is 0 Å². The van der Waals surface area contributed by atoms with E-state index in [0.29, 0.717) is 10.8 Å². The summed E-state index contributed by atoms with van der Waals surface area (Å²) in [5.41, 5.74) is 6.94. The van der Waals surface area contributed by atoms with Crippen LogP contribution in [0.5, 0.6) is 0 Å². The predicted octanol–water partition coefficient (Wildman–Crippen LogP) is 7.86. The number of benzene rings is 2. The van der Waals surface area contributed by atoms with Crippen LogP contribution in [-0.4, -0.2) is 0 Å². The molecule has 3 aliphatic carbocycles. The Balaban J connectivity index is 1.95. The van der Waals surface area contributed by atoms with Gasteiger partial charge in [-0.1, -0.05) is 70.7 Å². The van der Waals surface area contributed by atoms with E-state index >= 15 is 0 Å². The van der Waals surface area contributed by atoms with Gasteiger partial charge in [0, 0.05) is 14.4 Å². The van der Waals surface area contributed by atoms with E-state index in [-0.39, 0.29) is 5.41 Å². The standard InChI is InChI=1S/C23H24Br2/c1-21-9-3-11-22(2,12-4-10-21)23(21)19-13-15(24)5-7-17(19)18-8-6-16(25)14-20(18)23/h5-8,13-14H,3-4,9-12H2,1-2H3. The highest BCUT2D eigenvalue weighted by Crippen LogP contribution is 2.74. The predicted molar refractivity (Wildman–Crippen MR) is 112 cm³/mol. The Kier molecular flexibility index (Phi) is 3.46. The summed E-state index contributed by atoms with van der Waals surface area (Å²) < 4.78 is 2.43. The number of rotatable bonds is 0. The monoisotopic (exact) mass is 458 g/mol. The Morgan fingerprint density at radius 2 is 1.08 bits per heavy atom. The van der Waals surface area contributed by atoms with Gasteiger partial charge in [0.25, 0.3) is 0 Å². The summed E-state index contributed by atoms with van der Waals surface area (Å²) in [7, 11) is 0. The van der Waals surface area contributed by atoms with Crippen LogP contribution in [0.2, 0.25) is 0 Å². The molecule has 0 amide bonds. The lowest BCUT2D eigenvalue weighted by atomic mass is 9.38. The van der Waals surface area contributed by atoms with Crippen LogP contribution in [0.1, 0.15) is 63.5 Å². The van der Waals surface area contributed by atoms with Crippen molar-refractivity contribution in [2.24, 2.45) is 10.8 Å². The lowest BCUT2D eigenvalue weighted by Gasteiger charge is -2.65. The van der Waals surface area contributed by atoms with Gasteiger partial charge in [-0.3, -0.25) is 0 Å². The SMILES string of the molecule is CC12CCCC(C)(CCC1)C21c2cc(Br)ccc2-c2ccc(Br)cc21. The molecule has 2 bridgehead atoms. The molecule has 0 atom stereocenters. The van der Waals surface area contributed by atoms with Crippen molar-refractivity contribution in [1.82, 2.24) is 0 Å². The third-order valence-corrected chi connectivity index (χ3v) is 8.77. The quantitative estimate of drug-likeness (QED) is 0.376. The normalized spacial score (nSPS) is 31.7. The molecule has 0 nitrogen and oxygen atoms in total. The highest BCUT2D eigenvalue weighted by molar-refractivity contribution is 9.10. The fraction of sp³-hybridized carbons (Fsp3) is 0.478. The zero-order chi connectivity index (χ0) is 17.4. The lowest BCUT2D eigenvalue weighted by molar-refractivity contribution is -0.0629. The number of fused-ring (bicyclic) bond motifs is 3. The van der Waals surface area contributed by atoms with Gasteiger partial charge in [-0.05, 0) is 83.0 Å². The molecule has 1 spiro atoms. The number of hydrogen-bond donors (Lipinski definition) is 0. The van der Waals surface area contributed by atoms with Crippen LogP contribution < -0.4 is 0 Å². The van der Waals surface area contributed by atoms with Crippen molar-refractivity contribution < 1.29 is 0 Å². The van der Waals surface area contributed by atoms with Gasteiger partial charge >= 0.3 is 0 Å². The van der Waals surface area contributed by atoms with Gasteiger partial charge in [0.15, 0.2) is 0 Å². The lowest BCUT2D eigenvalue weighted by Crippen LogP contribution is -2.59. The van der Waals surface area contributed by atoms with Gasteiger partial charge in [-0.2, -0.15) is 0 Å². The van der Waals surface area contributed by atoms with Crippen molar-refractivity contribution in [3.8, 4) is 11.1 Å². The second kappa shape index (κ2) is 5.23. The van der Waals surface area contributed by atoms with Gasteiger partial charge in [0.05, 0.1) is 0 Å². The average molecular weight is 460 g/mol. The summed E-state index contributed by atoms with van der Waals surface area (Å²) in [6, 6.07) is 14.0. The minimum atomic E-state index is 0.148. The Morgan fingerprint density at radius 1 is 0.680 bits per heavy atom. The summed E-state index contributed by atoms with van der Waals surface area (Å²) >= 11 is 7.56. The van der Waals surface area contributed by atoms with Crippen molar-refractivity contribution >= 4 is 31.9 Å². The van der Waals surface area contributed by atoms with Crippen molar-refractivity contribution in [1.29, 1.82) is 0 Å². The maximum Gasteiger partial charge on any atom is 0.0323 e. The first kappa shape index (κ1) is 16.6. The molecule has 3 aliphatic rings. The molecule has 0 heterocycles. The Labute approximate surface area is 167 Å². The molecule has 2 fully saturated rings. The first-order chi connectivity index (χ1) is 11.9. The topological polar surface area (TPSA) is 0 Å². The fourth-order valence-electron chi connectivity index (χ4n) is 7.03. The molecule has 5 rings (SSSR count). The summed E-state index contributed by atoms with van der Waals surface area (Å²) in [4.78, 5) is 0. The number of halogens is 2. The molecule has 2 aromatic carbocycles. The van der Waals surface area contributed by atoms with E-state index in [1.165, 1.54) is 58.6 Å². The molecule has 2 heteroatoms. The molecule has 0 saturated heterocycles. The van der Waals surface area contributed by atoms with E-state index in [1.807, 2.05) is 0 Å². The van der Waals surface area contributed by atoms with Crippen LogP contribution in [-0.2, 0) is 5.41 Å². The van der Waals surface area contributed by atoms with E-state index in [9.17, 15) is 0 Å². The summed E-state index contributed by atoms with van der Waals surface area (Å²) in [5, 5.41) is 0. The van der Waals surface area contributed by atoms with Crippen LogP contribution in [0.25, 0.3) is 11.1 Å². The second-order valence-corrected chi connectivity index (χ2v) is 10.8. The number of hydrogen-bond acceptors (Lipinski definition) is 0. The van der Waals surface area contributed by atoms with Crippen LogP contribution >= 0.6 is 31.9 Å². The molecule has 130 valence electrons. The van der Waals surface area contributed by atoms with Crippen molar-refractivity contribution in [3.05, 3.63) is 56.5 Å². The summed E-state index contributed by atoms with van der Waals surface area (Å²) in [6.07, 6.45) is 8.14. The zero-order valence-corrected chi connectivity index (χ0v) is 18.1. The van der Waals surface area contributed by atoms with E-state index < -0.39 is 0 Å². The van der Waals surface area contributed by atoms with Gasteiger partial charge in [0.1, 0.15) is 0 Å². The van der Waals surface area contributed by atoms with Crippen molar-refractivity contribution in [2.75, 3.05) is 0 Å². The van der Waals surface area contributed by atoms with Gasteiger partial charge in [-0.15, -0.1) is 0 Å². The highest BCUT2D eigenvalue weighted by atomic mass is 79.9. The van der Waals surface area contributed by atoms with Crippen LogP contribution in [0.15, 0.2) is 45.3 Å². The van der Waals surface area contributed by atoms with Gasteiger partial charge in [0.2, 0.25) is 0 Å². The van der Waals surface area contributed by atoms with Crippen LogP contribution in [0.4, 0.5) is 0 Å². The maximum absolute atomic E-state index is 3.78. The maximum atomic E-state index is 3.78.